The normalized spacial score (nSPS) is 15.7. The molecule has 35 heavy (non-hydrogen) atoms. The molecule has 1 atom stereocenters. The van der Waals surface area contributed by atoms with E-state index in [0.29, 0.717) is 35.6 Å². The van der Waals surface area contributed by atoms with Gasteiger partial charge in [-0.25, -0.2) is 14.4 Å². The summed E-state index contributed by atoms with van der Waals surface area (Å²) in [5.74, 6) is -0.999. The third-order valence-electron chi connectivity index (χ3n) is 6.14. The third-order valence-corrected chi connectivity index (χ3v) is 6.38. The average Bonchev–Trinajstić information content (AvgIpc) is 2.88. The molecular formula is C27H25ClFN5O. The summed E-state index contributed by atoms with van der Waals surface area (Å²) in [7, 11) is 0. The molecule has 178 valence electrons. The van der Waals surface area contributed by atoms with Crippen LogP contribution in [0.4, 0.5) is 10.1 Å². The van der Waals surface area contributed by atoms with Crippen molar-refractivity contribution in [1.82, 2.24) is 9.97 Å². The summed E-state index contributed by atoms with van der Waals surface area (Å²) >= 11 is 5.91. The van der Waals surface area contributed by atoms with Crippen molar-refractivity contribution in [2.75, 3.05) is 31.2 Å². The number of aromatic nitrogens is 2. The van der Waals surface area contributed by atoms with E-state index < -0.39 is 11.7 Å². The first-order chi connectivity index (χ1) is 16.9. The van der Waals surface area contributed by atoms with Crippen LogP contribution in [0.5, 0.6) is 0 Å². The molecule has 0 aliphatic carbocycles. The Morgan fingerprint density at radius 1 is 1.26 bits per heavy atom. The largest absolute Gasteiger partial charge is 0.378 e. The second kappa shape index (κ2) is 10.8. The quantitative estimate of drug-likeness (QED) is 0.244. The molecule has 0 radical (unpaired) electrons. The number of rotatable bonds is 6. The minimum atomic E-state index is -0.596. The molecule has 0 saturated carbocycles. The average molecular weight is 490 g/mol. The maximum Gasteiger partial charge on any atom is 0.132 e. The Bertz CT molecular complexity index is 1370. The minimum absolute atomic E-state index is 0.224. The van der Waals surface area contributed by atoms with Crippen LogP contribution >= 0.6 is 11.6 Å². The maximum absolute atomic E-state index is 15.3. The van der Waals surface area contributed by atoms with E-state index in [9.17, 15) is 5.26 Å². The lowest BCUT2D eigenvalue weighted by Gasteiger charge is -2.29. The molecule has 8 heteroatoms. The van der Waals surface area contributed by atoms with E-state index in [-0.39, 0.29) is 5.16 Å². The van der Waals surface area contributed by atoms with Crippen molar-refractivity contribution in [3.05, 3.63) is 76.5 Å². The SMILES string of the molecule is C=N/C(Cl)=C\C=C(/C)C(C#N)c1cc(-c2ncnc3cc(N4CCOCC4)ccc23)c(F)cc1C. The third kappa shape index (κ3) is 5.24. The standard InChI is InChI=1S/C27H25ClFN5O/c1-17(4-7-26(28)31-3)23(15-30)21-14-22(24(29)12-18(21)2)27-20-6-5-19(13-25(20)32-16-33-27)34-8-10-35-11-9-34/h4-7,12-14,16,23H,3,8-11H2,1-2H3/b17-4+,26-7-. The lowest BCUT2D eigenvalue weighted by atomic mass is 9.87. The zero-order chi connectivity index (χ0) is 24.9. The van der Waals surface area contributed by atoms with Crippen LogP contribution in [0, 0.1) is 24.1 Å². The molecule has 1 aliphatic heterocycles. The zero-order valence-electron chi connectivity index (χ0n) is 19.6. The molecule has 1 unspecified atom stereocenters. The van der Waals surface area contributed by atoms with Crippen LogP contribution in [0.2, 0.25) is 0 Å². The van der Waals surface area contributed by atoms with Crippen LogP contribution in [0.1, 0.15) is 24.0 Å². The maximum atomic E-state index is 15.3. The fraction of sp³-hybridized carbons (Fsp3) is 0.259. The number of anilines is 1. The second-order valence-corrected chi connectivity index (χ2v) is 8.72. The number of nitrogens with zero attached hydrogens (tertiary/aromatic N) is 5. The van der Waals surface area contributed by atoms with Crippen LogP contribution in [0.25, 0.3) is 22.2 Å². The minimum Gasteiger partial charge on any atom is -0.378 e. The van der Waals surface area contributed by atoms with Crippen LogP contribution in [0.15, 0.2) is 64.5 Å². The molecule has 2 heterocycles. The fourth-order valence-electron chi connectivity index (χ4n) is 4.23. The van der Waals surface area contributed by atoms with Crippen molar-refractivity contribution in [2.24, 2.45) is 4.99 Å². The van der Waals surface area contributed by atoms with Gasteiger partial charge >= 0.3 is 0 Å². The monoisotopic (exact) mass is 489 g/mol. The first kappa shape index (κ1) is 24.5. The zero-order valence-corrected chi connectivity index (χ0v) is 20.4. The molecule has 0 bridgehead atoms. The van der Waals surface area contributed by atoms with Crippen LogP contribution < -0.4 is 4.90 Å². The molecule has 0 amide bonds. The molecule has 1 aliphatic rings. The Kier molecular flexibility index (Phi) is 7.54. The molecule has 0 N–H and O–H groups in total. The Morgan fingerprint density at radius 3 is 2.74 bits per heavy atom. The van der Waals surface area contributed by atoms with Crippen LogP contribution in [0.3, 0.4) is 0 Å². The summed E-state index contributed by atoms with van der Waals surface area (Å²) in [6, 6.07) is 11.4. The number of ether oxygens (including phenoxy) is 1. The Labute approximate surface area is 209 Å². The molecule has 1 fully saturated rings. The predicted molar refractivity (Wildman–Crippen MR) is 138 cm³/mol. The van der Waals surface area contributed by atoms with Gasteiger partial charge in [0.05, 0.1) is 36.4 Å². The Hall–Kier alpha value is -3.60. The number of nitriles is 1. The highest BCUT2D eigenvalue weighted by molar-refractivity contribution is 6.29. The lowest BCUT2D eigenvalue weighted by Crippen LogP contribution is -2.36. The van der Waals surface area contributed by atoms with Gasteiger partial charge in [-0.05, 0) is 68.1 Å². The smallest absolute Gasteiger partial charge is 0.132 e. The van der Waals surface area contributed by atoms with Crippen LogP contribution in [-0.2, 0) is 4.74 Å². The van der Waals surface area contributed by atoms with E-state index in [1.54, 1.807) is 25.1 Å². The highest BCUT2D eigenvalue weighted by atomic mass is 35.5. The number of hydrogen-bond donors (Lipinski definition) is 0. The summed E-state index contributed by atoms with van der Waals surface area (Å²) in [4.78, 5) is 14.7. The van der Waals surface area contributed by atoms with Gasteiger partial charge in [0.1, 0.15) is 17.3 Å². The lowest BCUT2D eigenvalue weighted by molar-refractivity contribution is 0.122. The van der Waals surface area contributed by atoms with Gasteiger partial charge < -0.3 is 9.64 Å². The second-order valence-electron chi connectivity index (χ2n) is 8.33. The van der Waals surface area contributed by atoms with Gasteiger partial charge in [0.2, 0.25) is 0 Å². The molecular weight excluding hydrogens is 465 g/mol. The van der Waals surface area contributed by atoms with Crippen LogP contribution in [-0.4, -0.2) is 43.0 Å². The number of benzene rings is 2. The Morgan fingerprint density at radius 2 is 2.03 bits per heavy atom. The van der Waals surface area contributed by atoms with Crippen molar-refractivity contribution in [3.63, 3.8) is 0 Å². The number of fused-ring (bicyclic) bond motifs is 1. The van der Waals surface area contributed by atoms with Gasteiger partial charge in [0.25, 0.3) is 0 Å². The molecule has 1 aromatic heterocycles. The summed E-state index contributed by atoms with van der Waals surface area (Å²) in [5, 5.41) is 10.9. The van der Waals surface area contributed by atoms with E-state index >= 15 is 4.39 Å². The molecule has 6 nitrogen and oxygen atoms in total. The number of allylic oxidation sites excluding steroid dienone is 3. The van der Waals surface area contributed by atoms with Gasteiger partial charge in [0.15, 0.2) is 0 Å². The van der Waals surface area contributed by atoms with Crippen molar-refractivity contribution < 1.29 is 9.13 Å². The van der Waals surface area contributed by atoms with E-state index in [1.807, 2.05) is 25.1 Å². The van der Waals surface area contributed by atoms with Crippen molar-refractivity contribution in [2.45, 2.75) is 19.8 Å². The predicted octanol–water partition coefficient (Wildman–Crippen LogP) is 5.92. The fourth-order valence-corrected chi connectivity index (χ4v) is 4.29. The van der Waals surface area contributed by atoms with E-state index in [1.165, 1.54) is 12.4 Å². The molecule has 4 rings (SSSR count). The van der Waals surface area contributed by atoms with E-state index in [4.69, 9.17) is 16.3 Å². The summed E-state index contributed by atoms with van der Waals surface area (Å²) in [5.41, 5.74) is 4.70. The van der Waals surface area contributed by atoms with Gasteiger partial charge in [-0.15, -0.1) is 0 Å². The van der Waals surface area contributed by atoms with Crippen molar-refractivity contribution in [1.29, 1.82) is 5.26 Å². The molecule has 3 aromatic rings. The van der Waals surface area contributed by atoms with E-state index in [0.717, 1.165) is 35.3 Å². The molecule has 2 aromatic carbocycles. The number of hydrogen-bond acceptors (Lipinski definition) is 6. The summed E-state index contributed by atoms with van der Waals surface area (Å²) in [6.45, 7) is 9.99. The number of morpholine rings is 1. The number of halogens is 2. The summed E-state index contributed by atoms with van der Waals surface area (Å²) in [6.07, 6.45) is 4.75. The first-order valence-corrected chi connectivity index (χ1v) is 11.6. The molecule has 1 saturated heterocycles. The highest BCUT2D eigenvalue weighted by Crippen LogP contribution is 2.35. The molecule has 0 spiro atoms. The highest BCUT2D eigenvalue weighted by Gasteiger charge is 2.21. The number of aryl methyl sites for hydroxylation is 1. The van der Waals surface area contributed by atoms with Gasteiger partial charge in [-0.3, -0.25) is 4.99 Å². The first-order valence-electron chi connectivity index (χ1n) is 11.2. The van der Waals surface area contributed by atoms with Crippen molar-refractivity contribution in [3.8, 4) is 17.3 Å². The van der Waals surface area contributed by atoms with E-state index in [2.05, 4.69) is 32.6 Å². The number of aliphatic imine (C=N–C) groups is 1. The Balaban J connectivity index is 1.79. The van der Waals surface area contributed by atoms with Gasteiger partial charge in [-0.2, -0.15) is 5.26 Å². The van der Waals surface area contributed by atoms with Gasteiger partial charge in [0, 0.05) is 29.7 Å². The van der Waals surface area contributed by atoms with Gasteiger partial charge in [-0.1, -0.05) is 23.3 Å². The summed E-state index contributed by atoms with van der Waals surface area (Å²) < 4.78 is 20.7. The van der Waals surface area contributed by atoms with Crippen molar-refractivity contribution >= 4 is 34.9 Å². The topological polar surface area (TPSA) is 74.4 Å².